The zero-order chi connectivity index (χ0) is 22.1. The van der Waals surface area contributed by atoms with E-state index in [2.05, 4.69) is 15.8 Å². The molecule has 0 aromatic heterocycles. The molecule has 31 heavy (non-hydrogen) atoms. The second-order valence-corrected chi connectivity index (χ2v) is 7.00. The van der Waals surface area contributed by atoms with Crippen molar-refractivity contribution in [3.8, 4) is 5.75 Å². The van der Waals surface area contributed by atoms with Crippen LogP contribution < -0.4 is 15.5 Å². The Morgan fingerprint density at radius 3 is 2.00 bits per heavy atom. The van der Waals surface area contributed by atoms with E-state index in [4.69, 9.17) is 4.74 Å². The van der Waals surface area contributed by atoms with Crippen molar-refractivity contribution in [1.29, 1.82) is 0 Å². The van der Waals surface area contributed by atoms with Gasteiger partial charge in [0.25, 0.3) is 5.91 Å². The third kappa shape index (κ3) is 6.02. The molecule has 0 aliphatic rings. The second kappa shape index (κ2) is 10.7. The lowest BCUT2D eigenvalue weighted by Crippen LogP contribution is -2.27. The maximum Gasteiger partial charge on any atom is 0.252 e. The summed E-state index contributed by atoms with van der Waals surface area (Å²) in [6, 6.07) is 26.2. The fourth-order valence-corrected chi connectivity index (χ4v) is 3.22. The van der Waals surface area contributed by atoms with Crippen molar-refractivity contribution in [2.75, 3.05) is 12.4 Å². The second-order valence-electron chi connectivity index (χ2n) is 7.00. The van der Waals surface area contributed by atoms with Gasteiger partial charge in [-0.25, -0.2) is 5.43 Å². The molecule has 2 N–H and O–H groups in total. The molecule has 6 heteroatoms. The van der Waals surface area contributed by atoms with Crippen LogP contribution in [0.1, 0.15) is 30.4 Å². The number of benzene rings is 3. The number of anilines is 1. The fraction of sp³-hybridized carbons (Fsp3) is 0.160. The SMILES string of the molecule is COc1ccccc1NC(=O)C/C(C)=N/NC(=O)C(c1ccccc1)c1ccccc1. The molecule has 0 atom stereocenters. The van der Waals surface area contributed by atoms with Crippen molar-refractivity contribution < 1.29 is 14.3 Å². The fourth-order valence-electron chi connectivity index (χ4n) is 3.22. The number of carbonyl (C=O) groups excluding carboxylic acids is 2. The van der Waals surface area contributed by atoms with Crippen LogP contribution in [0.15, 0.2) is 90.0 Å². The molecule has 0 spiro atoms. The minimum Gasteiger partial charge on any atom is -0.495 e. The van der Waals surface area contributed by atoms with Gasteiger partial charge >= 0.3 is 0 Å². The molecule has 3 aromatic rings. The van der Waals surface area contributed by atoms with Crippen LogP contribution in [0.25, 0.3) is 0 Å². The van der Waals surface area contributed by atoms with Crippen LogP contribution in [0.2, 0.25) is 0 Å². The monoisotopic (exact) mass is 415 g/mol. The molecule has 0 saturated carbocycles. The maximum absolute atomic E-state index is 13.0. The molecule has 0 bridgehead atoms. The Labute approximate surface area is 182 Å². The van der Waals surface area contributed by atoms with Crippen molar-refractivity contribution in [1.82, 2.24) is 5.43 Å². The van der Waals surface area contributed by atoms with Crippen molar-refractivity contribution in [3.05, 3.63) is 96.1 Å². The van der Waals surface area contributed by atoms with Crippen LogP contribution in [-0.2, 0) is 9.59 Å². The van der Waals surface area contributed by atoms with Crippen LogP contribution in [0.3, 0.4) is 0 Å². The van der Waals surface area contributed by atoms with Gasteiger partial charge in [0.05, 0.1) is 25.1 Å². The van der Waals surface area contributed by atoms with E-state index in [1.165, 1.54) is 0 Å². The molecule has 2 amide bonds. The number of nitrogens with one attached hydrogen (secondary N) is 2. The van der Waals surface area contributed by atoms with E-state index in [9.17, 15) is 9.59 Å². The summed E-state index contributed by atoms with van der Waals surface area (Å²) in [5.74, 6) is -0.432. The molecule has 3 aromatic carbocycles. The smallest absolute Gasteiger partial charge is 0.252 e. The first-order valence-corrected chi connectivity index (χ1v) is 9.94. The van der Waals surface area contributed by atoms with Crippen molar-refractivity contribution in [3.63, 3.8) is 0 Å². The van der Waals surface area contributed by atoms with Gasteiger partial charge in [0.1, 0.15) is 5.75 Å². The Bertz CT molecular complexity index is 1010. The topological polar surface area (TPSA) is 79.8 Å². The maximum atomic E-state index is 13.0. The summed E-state index contributed by atoms with van der Waals surface area (Å²) in [6.45, 7) is 1.70. The molecule has 0 unspecified atom stereocenters. The Balaban J connectivity index is 1.67. The van der Waals surface area contributed by atoms with Gasteiger partial charge in [-0.2, -0.15) is 5.10 Å². The quantitative estimate of drug-likeness (QED) is 0.424. The zero-order valence-corrected chi connectivity index (χ0v) is 17.5. The molecule has 0 radical (unpaired) electrons. The highest BCUT2D eigenvalue weighted by atomic mass is 16.5. The van der Waals surface area contributed by atoms with Crippen LogP contribution in [0.4, 0.5) is 5.69 Å². The molecule has 0 fully saturated rings. The lowest BCUT2D eigenvalue weighted by Gasteiger charge is -2.16. The van der Waals surface area contributed by atoms with Crippen molar-refractivity contribution in [2.45, 2.75) is 19.3 Å². The van der Waals surface area contributed by atoms with Gasteiger partial charge in [0.2, 0.25) is 5.91 Å². The predicted octanol–water partition coefficient (Wildman–Crippen LogP) is 4.35. The van der Waals surface area contributed by atoms with Crippen molar-refractivity contribution in [2.24, 2.45) is 5.10 Å². The molecule has 6 nitrogen and oxygen atoms in total. The van der Waals surface area contributed by atoms with Crippen molar-refractivity contribution >= 4 is 23.2 Å². The van der Waals surface area contributed by atoms with Crippen LogP contribution >= 0.6 is 0 Å². The first-order valence-electron chi connectivity index (χ1n) is 9.94. The molecular weight excluding hydrogens is 390 g/mol. The van der Waals surface area contributed by atoms with Gasteiger partial charge in [-0.15, -0.1) is 0 Å². The summed E-state index contributed by atoms with van der Waals surface area (Å²) in [6.07, 6.45) is 0.0413. The largest absolute Gasteiger partial charge is 0.495 e. The van der Waals surface area contributed by atoms with Gasteiger partial charge in [0, 0.05) is 5.71 Å². The number of methoxy groups -OCH3 is 1. The minimum absolute atomic E-state index is 0.0413. The Morgan fingerprint density at radius 1 is 0.871 bits per heavy atom. The van der Waals surface area contributed by atoms with Gasteiger partial charge in [-0.1, -0.05) is 72.8 Å². The highest BCUT2D eigenvalue weighted by Crippen LogP contribution is 2.25. The first kappa shape index (κ1) is 21.8. The summed E-state index contributed by atoms with van der Waals surface area (Å²) in [7, 11) is 1.54. The predicted molar refractivity (Wildman–Crippen MR) is 122 cm³/mol. The summed E-state index contributed by atoms with van der Waals surface area (Å²) < 4.78 is 5.24. The number of rotatable bonds is 8. The lowest BCUT2D eigenvalue weighted by atomic mass is 9.91. The van der Waals surface area contributed by atoms with Gasteiger partial charge < -0.3 is 10.1 Å². The number of amides is 2. The average molecular weight is 415 g/mol. The standard InChI is InChI=1S/C25H25N3O3/c1-18(17-23(29)26-21-15-9-10-16-22(21)31-2)27-28-25(30)24(19-11-5-3-6-12-19)20-13-7-4-8-14-20/h3-16,24H,17H2,1-2H3,(H,26,29)(H,28,30)/b27-18+. The molecule has 158 valence electrons. The summed E-state index contributed by atoms with van der Waals surface area (Å²) >= 11 is 0. The lowest BCUT2D eigenvalue weighted by molar-refractivity contribution is -0.121. The molecule has 0 aliphatic heterocycles. The number of hydrogen-bond donors (Lipinski definition) is 2. The highest BCUT2D eigenvalue weighted by molar-refractivity contribution is 6.06. The van der Waals surface area contributed by atoms with E-state index in [0.29, 0.717) is 17.1 Å². The number of hydrogen-bond acceptors (Lipinski definition) is 4. The third-order valence-electron chi connectivity index (χ3n) is 4.68. The van der Waals surface area contributed by atoms with Gasteiger partial charge in [-0.3, -0.25) is 9.59 Å². The Hall–Kier alpha value is -3.93. The average Bonchev–Trinajstić information content (AvgIpc) is 2.79. The van der Waals surface area contributed by atoms with Crippen LogP contribution in [-0.4, -0.2) is 24.6 Å². The number of para-hydroxylation sites is 2. The minimum atomic E-state index is -0.499. The van der Waals surface area contributed by atoms with E-state index >= 15 is 0 Å². The van der Waals surface area contributed by atoms with Crippen LogP contribution in [0.5, 0.6) is 5.75 Å². The molecule has 0 heterocycles. The normalized spacial score (nSPS) is 11.1. The van der Waals surface area contributed by atoms with E-state index in [-0.39, 0.29) is 18.2 Å². The molecule has 0 aliphatic carbocycles. The van der Waals surface area contributed by atoms with E-state index in [1.807, 2.05) is 72.8 Å². The molecular formula is C25H25N3O3. The van der Waals surface area contributed by atoms with Gasteiger partial charge in [-0.05, 0) is 30.2 Å². The van der Waals surface area contributed by atoms with E-state index in [1.54, 1.807) is 26.2 Å². The zero-order valence-electron chi connectivity index (χ0n) is 17.5. The third-order valence-corrected chi connectivity index (χ3v) is 4.68. The van der Waals surface area contributed by atoms with E-state index in [0.717, 1.165) is 11.1 Å². The molecule has 3 rings (SSSR count). The van der Waals surface area contributed by atoms with Crippen LogP contribution in [0, 0.1) is 0 Å². The first-order chi connectivity index (χ1) is 15.1. The molecule has 0 saturated heterocycles. The summed E-state index contributed by atoms with van der Waals surface area (Å²) in [5, 5.41) is 6.94. The highest BCUT2D eigenvalue weighted by Gasteiger charge is 2.22. The number of hydrazone groups is 1. The number of carbonyl (C=O) groups is 2. The number of ether oxygens (including phenoxy) is 1. The summed E-state index contributed by atoms with van der Waals surface area (Å²) in [5.41, 5.74) is 5.42. The van der Waals surface area contributed by atoms with E-state index < -0.39 is 5.92 Å². The van der Waals surface area contributed by atoms with Gasteiger partial charge in [0.15, 0.2) is 0 Å². The Kier molecular flexibility index (Phi) is 7.54. The Morgan fingerprint density at radius 2 is 1.42 bits per heavy atom. The number of nitrogens with zero attached hydrogens (tertiary/aromatic N) is 1. The summed E-state index contributed by atoms with van der Waals surface area (Å²) in [4.78, 5) is 25.3.